The minimum absolute atomic E-state index is 0.468. The number of fused-ring (bicyclic) bond motifs is 20. The van der Waals surface area contributed by atoms with Gasteiger partial charge < -0.3 is 8.83 Å². The van der Waals surface area contributed by atoms with Crippen LogP contribution in [0.1, 0.15) is 74.0 Å². The lowest BCUT2D eigenvalue weighted by atomic mass is 9.83. The lowest BCUT2D eigenvalue weighted by Gasteiger charge is -2.20. The van der Waals surface area contributed by atoms with Crippen molar-refractivity contribution in [3.8, 4) is 44.5 Å². The summed E-state index contributed by atoms with van der Waals surface area (Å²) >= 11 is 0. The van der Waals surface area contributed by atoms with E-state index in [0.717, 1.165) is 0 Å². The van der Waals surface area contributed by atoms with Crippen LogP contribution in [-0.2, 0) is 0 Å². The number of hydrogen-bond acceptors (Lipinski definition) is 2. The maximum Gasteiger partial charge on any atom is 0.136 e. The van der Waals surface area contributed by atoms with Crippen molar-refractivity contribution in [3.63, 3.8) is 0 Å². The fourth-order valence-corrected chi connectivity index (χ4v) is 12.3. The molecule has 0 radical (unpaired) electrons. The van der Waals surface area contributed by atoms with Gasteiger partial charge in [0.2, 0.25) is 0 Å². The van der Waals surface area contributed by atoms with Crippen molar-refractivity contribution in [3.05, 3.63) is 326 Å². The van der Waals surface area contributed by atoms with Crippen LogP contribution in [0.3, 0.4) is 0 Å². The zero-order valence-electron chi connectivity index (χ0n) is 101. The second-order valence-electron chi connectivity index (χ2n) is 21.0. The zero-order valence-corrected chi connectivity index (χ0v) is 46.8. The molecule has 0 atom stereocenters. The van der Waals surface area contributed by atoms with Gasteiger partial charge in [-0.05, 0) is 211 Å². The normalized spacial score (nSPS) is 20.1. The lowest BCUT2D eigenvalue weighted by Crippen LogP contribution is -1.93. The van der Waals surface area contributed by atoms with Crippen molar-refractivity contribution < 1.29 is 82.9 Å². The molecule has 2 heterocycles. The highest BCUT2D eigenvalue weighted by Gasteiger charge is 2.24. The average molecular weight is 1250 g/mol. The summed E-state index contributed by atoms with van der Waals surface area (Å²) in [6, 6.07) is -48.1. The standard InChI is InChI=1S/C48H28O.C44H26O/c1-2-14-31-28-44-42(26-30(31)13-1)48-40(22-11-23-43(48)49-44)46-36-18-7-9-20-38(36)47(39-21-10-8-19-37(39)46)41-27-32-25-24-29-12-3-4-15-33(29)45(32)35-17-6-5-16-34(35)41;1-2-12-29-26-41-39(25-28(29)11-1)44-38(18-9-19-40(44)45-41)43-36-16-7-5-14-34(36)42(35-15-6-8-17-37(35)43)31-22-23-33-30(24-31)21-20-27-10-3-4-13-32(27)33/h1-28H;1-26H/i1D,2D,3D,4D,5D,6D,7D,8D,9D,10D,11D,12D,13D,14D,15D,16D,17D,18D,19D,20D,21D,22D,23D,24D,25D,26D,27D,28D;1D,2D,3D,4D,5D,6D,7D,8D,9D,10D,11D,12D,13D,14D,15D,16D,17D,18D,19D,20D,21D,22D,23D,24D,25D,26D. The summed E-state index contributed by atoms with van der Waals surface area (Å²) in [4.78, 5) is 0. The van der Waals surface area contributed by atoms with Gasteiger partial charge in [0.15, 0.2) is 0 Å². The van der Waals surface area contributed by atoms with Crippen LogP contribution in [0.25, 0.3) is 207 Å². The van der Waals surface area contributed by atoms with Crippen molar-refractivity contribution >= 4 is 162 Å². The monoisotopic (exact) mass is 1240 g/mol. The van der Waals surface area contributed by atoms with Crippen molar-refractivity contribution in [1.82, 2.24) is 0 Å². The van der Waals surface area contributed by atoms with E-state index in [9.17, 15) is 27.4 Å². The first-order valence-corrected chi connectivity index (χ1v) is 28.1. The van der Waals surface area contributed by atoms with E-state index in [-0.39, 0.29) is 0 Å². The van der Waals surface area contributed by atoms with E-state index in [1.165, 1.54) is 0 Å². The van der Waals surface area contributed by atoms with E-state index in [4.69, 9.17) is 55.4 Å². The molecule has 19 aromatic carbocycles. The molecule has 434 valence electrons. The Kier molecular flexibility index (Phi) is 4.86. The van der Waals surface area contributed by atoms with Gasteiger partial charge in [-0.3, -0.25) is 0 Å². The van der Waals surface area contributed by atoms with Crippen LogP contribution in [0.15, 0.2) is 335 Å². The fraction of sp³-hybridized carbons (Fsp3) is 0. The third kappa shape index (κ3) is 7.90. The zero-order chi connectivity index (χ0) is 109. The number of hydrogen-bond donors (Lipinski definition) is 0. The van der Waals surface area contributed by atoms with E-state index in [0.29, 0.717) is 0 Å². The molecular formula is C92H54O2. The Hall–Kier alpha value is -12.4. The van der Waals surface area contributed by atoms with Gasteiger partial charge in [-0.15, -0.1) is 0 Å². The van der Waals surface area contributed by atoms with Crippen molar-refractivity contribution in [1.29, 1.82) is 0 Å². The smallest absolute Gasteiger partial charge is 0.136 e. The Morgan fingerprint density at radius 3 is 1.01 bits per heavy atom. The van der Waals surface area contributed by atoms with Crippen molar-refractivity contribution in [2.45, 2.75) is 0 Å². The minimum Gasteiger partial charge on any atom is -0.456 e. The summed E-state index contributed by atoms with van der Waals surface area (Å²) < 4.78 is 502. The van der Waals surface area contributed by atoms with E-state index in [1.807, 2.05) is 0 Å². The summed E-state index contributed by atoms with van der Waals surface area (Å²) in [5.41, 5.74) is -8.23. The van der Waals surface area contributed by atoms with E-state index in [1.54, 1.807) is 0 Å². The van der Waals surface area contributed by atoms with Gasteiger partial charge in [-0.25, -0.2) is 0 Å². The predicted octanol–water partition coefficient (Wildman–Crippen LogP) is 26.5. The summed E-state index contributed by atoms with van der Waals surface area (Å²) in [5.74, 6) is 0. The third-order valence-electron chi connectivity index (χ3n) is 16.1. The van der Waals surface area contributed by atoms with Crippen LogP contribution in [0, 0.1) is 0 Å². The van der Waals surface area contributed by atoms with Gasteiger partial charge in [0.1, 0.15) is 22.3 Å². The first-order chi connectivity index (χ1) is 69.1. The molecule has 2 aromatic heterocycles. The van der Waals surface area contributed by atoms with Gasteiger partial charge in [0.05, 0.1) is 74.0 Å². The van der Waals surface area contributed by atoms with Gasteiger partial charge in [-0.2, -0.15) is 0 Å². The molecule has 2 heteroatoms. The number of furan rings is 2. The fourth-order valence-electron chi connectivity index (χ4n) is 12.3. The third-order valence-corrected chi connectivity index (χ3v) is 16.1. The van der Waals surface area contributed by atoms with Gasteiger partial charge in [0.25, 0.3) is 0 Å². The molecule has 0 saturated carbocycles. The largest absolute Gasteiger partial charge is 0.456 e. The van der Waals surface area contributed by atoms with Crippen LogP contribution in [-0.4, -0.2) is 0 Å². The minimum atomic E-state index is -1.03. The molecule has 0 fully saturated rings. The summed E-state index contributed by atoms with van der Waals surface area (Å²) in [6.07, 6.45) is 0. The highest BCUT2D eigenvalue weighted by Crippen LogP contribution is 2.51. The molecule has 0 saturated heterocycles. The lowest BCUT2D eigenvalue weighted by molar-refractivity contribution is 0.669. The molecule has 0 unspecified atom stereocenters. The van der Waals surface area contributed by atoms with E-state index < -0.39 is 533 Å². The number of rotatable bonds is 4. The molecule has 0 spiro atoms. The molecule has 0 aliphatic heterocycles. The Morgan fingerprint density at radius 2 is 0.521 bits per heavy atom. The molecule has 0 aliphatic carbocycles. The summed E-state index contributed by atoms with van der Waals surface area (Å²) in [6.45, 7) is 0. The topological polar surface area (TPSA) is 26.3 Å². The molecule has 0 bridgehead atoms. The Bertz CT molecular complexity index is 10000. The maximum absolute atomic E-state index is 10.1. The van der Waals surface area contributed by atoms with Crippen molar-refractivity contribution in [2.24, 2.45) is 0 Å². The average Bonchev–Trinajstić information content (AvgIpc) is 0.984. The summed E-state index contributed by atoms with van der Waals surface area (Å²) in [7, 11) is 0. The van der Waals surface area contributed by atoms with Gasteiger partial charge in [-0.1, -0.05) is 278 Å². The SMILES string of the molecule is [2H]c1c([2H])c(-c2c3c([2H])c([2H])c([2H])c([2H])c3c(-c3c([2H])c([2H])c4c(c3[2H])c([2H])c([2H])c3c([2H])c([2H])c([2H])c([2H])c34)c3c([2H])c([2H])c([2H])c([2H])c23)c2c(oc3c([2H])c4c([2H])c([2H])c([2H])c([2H])c4c([2H])c32)c1[2H].[2H]c1c([2H])c(-c2c3c([2H])c([2H])c([2H])c([2H])c3c(-c3c([2H])c4c([2H])c([2H])c5c([2H])c([2H])c([2H])c([2H])c5c4c4c([2H])c([2H])c([2H])c([2H])c34)c3c([2H])c([2H])c([2H])c([2H])c23)c2c(oc3c([2H])c4c([2H])c([2H])c([2H])c([2H])c4c([2H])c32)c1[2H]. The first kappa shape index (κ1) is 22.2. The molecule has 21 rings (SSSR count). The molecule has 0 amide bonds. The van der Waals surface area contributed by atoms with E-state index in [2.05, 4.69) is 0 Å². The molecular weight excluding hydrogens is 1140 g/mol. The molecule has 2 nitrogen and oxygen atoms in total. The predicted molar refractivity (Wildman–Crippen MR) is 402 cm³/mol. The van der Waals surface area contributed by atoms with Crippen LogP contribution >= 0.6 is 0 Å². The van der Waals surface area contributed by atoms with Crippen LogP contribution in [0.2, 0.25) is 0 Å². The highest BCUT2D eigenvalue weighted by molar-refractivity contribution is 6.31. The van der Waals surface area contributed by atoms with Crippen LogP contribution in [0.5, 0.6) is 0 Å². The van der Waals surface area contributed by atoms with Crippen LogP contribution in [0.4, 0.5) is 0 Å². The Morgan fingerprint density at radius 1 is 0.170 bits per heavy atom. The second kappa shape index (κ2) is 20.6. The summed E-state index contributed by atoms with van der Waals surface area (Å²) in [5, 5.41) is -15.7. The van der Waals surface area contributed by atoms with Crippen LogP contribution < -0.4 is 0 Å². The van der Waals surface area contributed by atoms with Gasteiger partial charge in [0, 0.05) is 21.5 Å². The highest BCUT2D eigenvalue weighted by atomic mass is 16.3. The van der Waals surface area contributed by atoms with E-state index >= 15 is 0 Å². The molecule has 0 N–H and O–H groups in total. The molecule has 0 aliphatic rings. The molecule has 21 aromatic rings. The Labute approximate surface area is 615 Å². The Balaban J connectivity index is 0.000000180. The van der Waals surface area contributed by atoms with Crippen molar-refractivity contribution in [2.75, 3.05) is 0 Å². The molecule has 94 heavy (non-hydrogen) atoms. The maximum atomic E-state index is 10.1. The first-order valence-electron chi connectivity index (χ1n) is 55.1. The quantitative estimate of drug-likeness (QED) is 0.130. The van der Waals surface area contributed by atoms with Gasteiger partial charge >= 0.3 is 0 Å². The number of benzene rings is 19. The second-order valence-corrected chi connectivity index (χ2v) is 21.0.